The van der Waals surface area contributed by atoms with Gasteiger partial charge in [0.1, 0.15) is 0 Å². The van der Waals surface area contributed by atoms with Gasteiger partial charge in [-0.15, -0.1) is 0 Å². The molecule has 130 valence electrons. The van der Waals surface area contributed by atoms with Gasteiger partial charge in [-0.05, 0) is 43.3 Å². The van der Waals surface area contributed by atoms with Crippen molar-refractivity contribution in [2.24, 2.45) is 0 Å². The Balaban J connectivity index is 1.74. The number of hydrogen-bond donors (Lipinski definition) is 1. The molecule has 0 spiro atoms. The van der Waals surface area contributed by atoms with E-state index in [1.54, 1.807) is 30.5 Å². The second-order valence-electron chi connectivity index (χ2n) is 5.61. The van der Waals surface area contributed by atoms with Crippen LogP contribution < -0.4 is 4.72 Å². The van der Waals surface area contributed by atoms with Crippen LogP contribution in [0.25, 0.3) is 5.52 Å². The lowest BCUT2D eigenvalue weighted by molar-refractivity contribution is 0.0994. The van der Waals surface area contributed by atoms with Crippen molar-refractivity contribution in [3.63, 3.8) is 0 Å². The van der Waals surface area contributed by atoms with Crippen LogP contribution in [-0.4, -0.2) is 35.1 Å². The lowest BCUT2D eigenvalue weighted by Gasteiger charge is -2.10. The van der Waals surface area contributed by atoms with Gasteiger partial charge in [0.15, 0.2) is 10.9 Å². The summed E-state index contributed by atoms with van der Waals surface area (Å²) in [7, 11) is -3.33. The number of thioether (sulfide) groups is 1. The quantitative estimate of drug-likeness (QED) is 0.529. The molecule has 8 heteroatoms. The minimum Gasteiger partial charge on any atom is -0.295 e. The number of hydrogen-bond acceptors (Lipinski definition) is 5. The standard InChI is InChI=1S/C17H17N3O3S2/c1-12(24-17-18-11-15-5-3-4-10-20(15)17)16(21)13-6-8-14(9-7-13)19-25(2,22)23/h3-12,19H,1-2H3/t12-/m0/s1. The smallest absolute Gasteiger partial charge is 0.229 e. The number of ketones is 1. The average molecular weight is 375 g/mol. The molecule has 0 fully saturated rings. The largest absolute Gasteiger partial charge is 0.295 e. The summed E-state index contributed by atoms with van der Waals surface area (Å²) in [5.74, 6) is -0.0383. The summed E-state index contributed by atoms with van der Waals surface area (Å²) < 4.78 is 26.8. The second-order valence-corrected chi connectivity index (χ2v) is 8.67. The van der Waals surface area contributed by atoms with Crippen LogP contribution in [0.5, 0.6) is 0 Å². The number of anilines is 1. The minimum atomic E-state index is -3.33. The van der Waals surface area contributed by atoms with Gasteiger partial charge in [-0.3, -0.25) is 13.9 Å². The Kier molecular flexibility index (Phi) is 4.82. The number of nitrogens with one attached hydrogen (secondary N) is 1. The van der Waals surface area contributed by atoms with Crippen LogP contribution in [0.3, 0.4) is 0 Å². The molecule has 2 aromatic heterocycles. The van der Waals surface area contributed by atoms with Gasteiger partial charge < -0.3 is 0 Å². The van der Waals surface area contributed by atoms with Crippen molar-refractivity contribution in [3.8, 4) is 0 Å². The zero-order chi connectivity index (χ0) is 18.0. The van der Waals surface area contributed by atoms with E-state index < -0.39 is 10.0 Å². The Morgan fingerprint density at radius 1 is 1.20 bits per heavy atom. The Labute approximate surface area is 150 Å². The molecule has 1 N–H and O–H groups in total. The first-order chi connectivity index (χ1) is 11.8. The summed E-state index contributed by atoms with van der Waals surface area (Å²) in [6.07, 6.45) is 4.76. The van der Waals surface area contributed by atoms with E-state index in [1.807, 2.05) is 35.7 Å². The van der Waals surface area contributed by atoms with E-state index in [0.29, 0.717) is 11.3 Å². The zero-order valence-corrected chi connectivity index (χ0v) is 15.3. The van der Waals surface area contributed by atoms with Gasteiger partial charge in [0.25, 0.3) is 0 Å². The normalized spacial score (nSPS) is 12.9. The first-order valence-corrected chi connectivity index (χ1v) is 10.3. The molecule has 0 aliphatic heterocycles. The molecule has 0 bridgehead atoms. The molecule has 0 saturated heterocycles. The van der Waals surface area contributed by atoms with Gasteiger partial charge in [-0.2, -0.15) is 0 Å². The molecule has 0 unspecified atom stereocenters. The monoisotopic (exact) mass is 375 g/mol. The molecule has 0 amide bonds. The first-order valence-electron chi connectivity index (χ1n) is 7.54. The molecule has 25 heavy (non-hydrogen) atoms. The molecule has 6 nitrogen and oxygen atoms in total. The number of imidazole rings is 1. The van der Waals surface area contributed by atoms with Crippen LogP contribution in [0.1, 0.15) is 17.3 Å². The van der Waals surface area contributed by atoms with E-state index in [-0.39, 0.29) is 11.0 Å². The summed E-state index contributed by atoms with van der Waals surface area (Å²) in [4.78, 5) is 17.0. The van der Waals surface area contributed by atoms with Crippen molar-refractivity contribution in [3.05, 3.63) is 60.4 Å². The maximum Gasteiger partial charge on any atom is 0.229 e. The van der Waals surface area contributed by atoms with E-state index in [9.17, 15) is 13.2 Å². The number of fused-ring (bicyclic) bond motifs is 1. The number of Topliss-reactive ketones (excluding diaryl/α,β-unsaturated/α-hetero) is 1. The third-order valence-corrected chi connectivity index (χ3v) is 5.22. The van der Waals surface area contributed by atoms with Crippen LogP contribution >= 0.6 is 11.8 Å². The molecule has 2 heterocycles. The number of carbonyl (C=O) groups is 1. The van der Waals surface area contributed by atoms with Crippen LogP contribution in [-0.2, 0) is 10.0 Å². The van der Waals surface area contributed by atoms with Gasteiger partial charge in [0.05, 0.1) is 23.2 Å². The van der Waals surface area contributed by atoms with Crippen molar-refractivity contribution in [1.29, 1.82) is 0 Å². The van der Waals surface area contributed by atoms with Crippen LogP contribution in [0.4, 0.5) is 5.69 Å². The lowest BCUT2D eigenvalue weighted by atomic mass is 10.1. The highest BCUT2D eigenvalue weighted by atomic mass is 32.2. The highest BCUT2D eigenvalue weighted by molar-refractivity contribution is 8.00. The van der Waals surface area contributed by atoms with Crippen LogP contribution in [0.2, 0.25) is 0 Å². The molecule has 0 radical (unpaired) electrons. The highest BCUT2D eigenvalue weighted by Gasteiger charge is 2.19. The third-order valence-electron chi connectivity index (χ3n) is 3.53. The molecule has 3 aromatic rings. The van der Waals surface area contributed by atoms with Crippen LogP contribution in [0.15, 0.2) is 60.0 Å². The fourth-order valence-corrected chi connectivity index (χ4v) is 3.89. The molecule has 0 saturated carbocycles. The fraction of sp³-hybridized carbons (Fsp3) is 0.176. The van der Waals surface area contributed by atoms with Crippen molar-refractivity contribution in [2.45, 2.75) is 17.3 Å². The molecule has 1 aromatic carbocycles. The SMILES string of the molecule is C[C@H](Sc1ncc2ccccn12)C(=O)c1ccc(NS(C)(=O)=O)cc1. The molecular weight excluding hydrogens is 358 g/mol. The Hall–Kier alpha value is -2.32. The predicted octanol–water partition coefficient (Wildman–Crippen LogP) is 3.07. The molecule has 3 rings (SSSR count). The number of aromatic nitrogens is 2. The molecular formula is C17H17N3O3S2. The third kappa shape index (κ3) is 4.21. The number of sulfonamides is 1. The summed E-state index contributed by atoms with van der Waals surface area (Å²) in [6.45, 7) is 1.83. The summed E-state index contributed by atoms with van der Waals surface area (Å²) in [5, 5.41) is 0.436. The lowest BCUT2D eigenvalue weighted by Crippen LogP contribution is -2.14. The van der Waals surface area contributed by atoms with E-state index in [2.05, 4.69) is 9.71 Å². The summed E-state index contributed by atoms with van der Waals surface area (Å²) >= 11 is 1.39. The van der Waals surface area contributed by atoms with E-state index >= 15 is 0 Å². The van der Waals surface area contributed by atoms with E-state index in [4.69, 9.17) is 0 Å². The second kappa shape index (κ2) is 6.89. The summed E-state index contributed by atoms with van der Waals surface area (Å²) in [6, 6.07) is 12.2. The van der Waals surface area contributed by atoms with E-state index in [0.717, 1.165) is 16.9 Å². The topological polar surface area (TPSA) is 80.5 Å². The minimum absolute atomic E-state index is 0.0383. The van der Waals surface area contributed by atoms with Gasteiger partial charge in [-0.25, -0.2) is 13.4 Å². The van der Waals surface area contributed by atoms with Crippen LogP contribution in [0, 0.1) is 0 Å². The Bertz CT molecular complexity index is 1010. The Morgan fingerprint density at radius 3 is 2.60 bits per heavy atom. The van der Waals surface area contributed by atoms with Gasteiger partial charge in [0, 0.05) is 17.4 Å². The fourth-order valence-electron chi connectivity index (χ4n) is 2.37. The first kappa shape index (κ1) is 17.5. The predicted molar refractivity (Wildman–Crippen MR) is 99.8 cm³/mol. The number of benzene rings is 1. The van der Waals surface area contributed by atoms with Crippen molar-refractivity contribution >= 4 is 38.8 Å². The summed E-state index contributed by atoms with van der Waals surface area (Å²) in [5.41, 5.74) is 1.93. The zero-order valence-electron chi connectivity index (χ0n) is 13.7. The molecule has 0 aliphatic rings. The maximum atomic E-state index is 12.6. The number of rotatable bonds is 6. The highest BCUT2D eigenvalue weighted by Crippen LogP contribution is 2.26. The van der Waals surface area contributed by atoms with Crippen molar-refractivity contribution < 1.29 is 13.2 Å². The van der Waals surface area contributed by atoms with Crippen molar-refractivity contribution in [2.75, 3.05) is 11.0 Å². The van der Waals surface area contributed by atoms with Gasteiger partial charge in [0.2, 0.25) is 10.0 Å². The van der Waals surface area contributed by atoms with Gasteiger partial charge >= 0.3 is 0 Å². The number of carbonyl (C=O) groups excluding carboxylic acids is 1. The average Bonchev–Trinajstić information content (AvgIpc) is 2.96. The van der Waals surface area contributed by atoms with Gasteiger partial charge in [-0.1, -0.05) is 17.8 Å². The molecule has 0 aliphatic carbocycles. The van der Waals surface area contributed by atoms with Crippen molar-refractivity contribution in [1.82, 2.24) is 9.38 Å². The maximum absolute atomic E-state index is 12.6. The Morgan fingerprint density at radius 2 is 1.92 bits per heavy atom. The number of nitrogens with zero attached hydrogens (tertiary/aromatic N) is 2. The van der Waals surface area contributed by atoms with E-state index in [1.165, 1.54) is 11.8 Å². The number of pyridine rings is 1. The molecule has 1 atom stereocenters.